The first-order chi connectivity index (χ1) is 13.4. The number of nitrogens with zero attached hydrogens (tertiary/aromatic N) is 2. The molecular weight excluding hydrogens is 386 g/mol. The summed E-state index contributed by atoms with van der Waals surface area (Å²) >= 11 is 6.34. The predicted molar refractivity (Wildman–Crippen MR) is 107 cm³/mol. The van der Waals surface area contributed by atoms with Crippen molar-refractivity contribution in [3.8, 4) is 22.9 Å². The lowest BCUT2D eigenvalue weighted by Crippen LogP contribution is -2.18. The van der Waals surface area contributed by atoms with Gasteiger partial charge >= 0.3 is 6.61 Å². The second-order valence-electron chi connectivity index (χ2n) is 6.43. The van der Waals surface area contributed by atoms with Crippen LogP contribution in [0.5, 0.6) is 11.6 Å². The number of benzene rings is 1. The van der Waals surface area contributed by atoms with Crippen LogP contribution in [0, 0.1) is 0 Å². The normalized spacial score (nSPS) is 12.3. The van der Waals surface area contributed by atoms with E-state index in [9.17, 15) is 8.78 Å². The Morgan fingerprint density at radius 1 is 1.00 bits per heavy atom. The zero-order valence-corrected chi connectivity index (χ0v) is 17.5. The highest BCUT2D eigenvalue weighted by Crippen LogP contribution is 2.34. The quantitative estimate of drug-likeness (QED) is 0.448. The van der Waals surface area contributed by atoms with Gasteiger partial charge in [-0.2, -0.15) is 8.78 Å². The molecule has 0 amide bonds. The second-order valence-corrected chi connectivity index (χ2v) is 6.84. The topological polar surface area (TPSA) is 44.2 Å². The van der Waals surface area contributed by atoms with Crippen molar-refractivity contribution in [2.75, 3.05) is 0 Å². The Balaban J connectivity index is 2.45. The lowest BCUT2D eigenvalue weighted by Gasteiger charge is -2.20. The van der Waals surface area contributed by atoms with Crippen molar-refractivity contribution in [1.29, 1.82) is 0 Å². The molecular formula is C21H27ClF2N2O2. The number of alkyl halides is 2. The number of rotatable bonds is 10. The third kappa shape index (κ3) is 5.53. The molecule has 0 aliphatic rings. The minimum absolute atomic E-state index is 0.00998. The molecule has 0 spiro atoms. The number of halogens is 3. The summed E-state index contributed by atoms with van der Waals surface area (Å²) in [4.78, 5) is 9.50. The van der Waals surface area contributed by atoms with Crippen LogP contribution >= 0.6 is 11.6 Å². The lowest BCUT2D eigenvalue weighted by molar-refractivity contribution is -0.0498. The van der Waals surface area contributed by atoms with E-state index in [2.05, 4.69) is 18.6 Å². The number of ether oxygens (including phenoxy) is 2. The maximum Gasteiger partial charge on any atom is 0.387 e. The highest BCUT2D eigenvalue weighted by Gasteiger charge is 2.19. The Kier molecular flexibility index (Phi) is 8.42. The van der Waals surface area contributed by atoms with E-state index in [1.165, 1.54) is 12.1 Å². The summed E-state index contributed by atoms with van der Waals surface area (Å²) in [5, 5.41) is 0.287. The van der Waals surface area contributed by atoms with Crippen LogP contribution < -0.4 is 9.47 Å². The van der Waals surface area contributed by atoms with Gasteiger partial charge in [0.05, 0.1) is 16.4 Å². The van der Waals surface area contributed by atoms with E-state index < -0.39 is 6.61 Å². The van der Waals surface area contributed by atoms with Crippen molar-refractivity contribution in [3.05, 3.63) is 34.6 Å². The molecule has 7 heteroatoms. The van der Waals surface area contributed by atoms with Gasteiger partial charge in [0.25, 0.3) is 0 Å². The monoisotopic (exact) mass is 412 g/mol. The first-order valence-corrected chi connectivity index (χ1v) is 10.1. The van der Waals surface area contributed by atoms with Crippen LogP contribution in [0.25, 0.3) is 11.3 Å². The van der Waals surface area contributed by atoms with E-state index in [1.54, 1.807) is 6.07 Å². The van der Waals surface area contributed by atoms with E-state index >= 15 is 0 Å². The minimum atomic E-state index is -2.90. The van der Waals surface area contributed by atoms with Crippen LogP contribution in [0.4, 0.5) is 8.78 Å². The Morgan fingerprint density at radius 3 is 2.25 bits per heavy atom. The Bertz CT molecular complexity index is 787. The fraction of sp³-hybridized carbons (Fsp3) is 0.524. The molecule has 1 heterocycles. The van der Waals surface area contributed by atoms with Crippen LogP contribution in [0.15, 0.2) is 18.2 Å². The lowest BCUT2D eigenvalue weighted by atomic mass is 10.1. The van der Waals surface area contributed by atoms with E-state index in [0.717, 1.165) is 30.7 Å². The summed E-state index contributed by atoms with van der Waals surface area (Å²) in [6, 6.07) is 4.46. The third-order valence-corrected chi connectivity index (χ3v) is 4.75. The molecule has 2 rings (SSSR count). The first kappa shape index (κ1) is 22.3. The van der Waals surface area contributed by atoms with Crippen molar-refractivity contribution >= 4 is 11.6 Å². The predicted octanol–water partition coefficient (Wildman–Crippen LogP) is 6.48. The molecule has 0 saturated heterocycles. The van der Waals surface area contributed by atoms with Gasteiger partial charge < -0.3 is 9.47 Å². The fourth-order valence-corrected chi connectivity index (χ4v) is 3.22. The molecule has 154 valence electrons. The molecule has 0 fully saturated rings. The maximum atomic E-state index is 12.4. The molecule has 28 heavy (non-hydrogen) atoms. The first-order valence-electron chi connectivity index (χ1n) is 9.74. The summed E-state index contributed by atoms with van der Waals surface area (Å²) in [6.45, 7) is 5.30. The van der Waals surface area contributed by atoms with Gasteiger partial charge in [-0.05, 0) is 43.9 Å². The van der Waals surface area contributed by atoms with E-state index in [1.807, 2.05) is 13.8 Å². The average Bonchev–Trinajstić information content (AvgIpc) is 2.67. The van der Waals surface area contributed by atoms with Crippen molar-refractivity contribution < 1.29 is 18.3 Å². The van der Waals surface area contributed by atoms with Crippen molar-refractivity contribution in [2.45, 2.75) is 72.5 Å². The van der Waals surface area contributed by atoms with Crippen LogP contribution in [-0.4, -0.2) is 22.7 Å². The molecule has 0 aliphatic heterocycles. The van der Waals surface area contributed by atoms with Crippen LogP contribution in [0.1, 0.15) is 58.3 Å². The standard InChI is InChI=1S/C21H27ClF2N2O2/c1-5-9-13(6-2)27-20-18(8-4)25-19(17(7-3)26-20)15-11-10-14(12-16(15)22)28-21(23)24/h10-13,21H,5-9H2,1-4H3. The molecule has 1 aromatic heterocycles. The third-order valence-electron chi connectivity index (χ3n) is 4.44. The van der Waals surface area contributed by atoms with Crippen LogP contribution in [0.2, 0.25) is 5.02 Å². The zero-order chi connectivity index (χ0) is 20.7. The van der Waals surface area contributed by atoms with Gasteiger partial charge in [0.1, 0.15) is 17.5 Å². The molecule has 0 radical (unpaired) electrons. The Morgan fingerprint density at radius 2 is 1.71 bits per heavy atom. The maximum absolute atomic E-state index is 12.4. The van der Waals surface area contributed by atoms with Gasteiger partial charge in [-0.15, -0.1) is 0 Å². The zero-order valence-electron chi connectivity index (χ0n) is 16.8. The van der Waals surface area contributed by atoms with E-state index in [-0.39, 0.29) is 16.9 Å². The van der Waals surface area contributed by atoms with Gasteiger partial charge in [-0.3, -0.25) is 0 Å². The van der Waals surface area contributed by atoms with E-state index in [0.29, 0.717) is 30.0 Å². The van der Waals surface area contributed by atoms with Gasteiger partial charge in [-0.1, -0.05) is 45.7 Å². The van der Waals surface area contributed by atoms with Crippen molar-refractivity contribution in [2.24, 2.45) is 0 Å². The Hall–Kier alpha value is -1.95. The summed E-state index contributed by atoms with van der Waals surface area (Å²) in [6.07, 6.45) is 4.30. The minimum Gasteiger partial charge on any atom is -0.473 e. The largest absolute Gasteiger partial charge is 0.473 e. The summed E-state index contributed by atoms with van der Waals surface area (Å²) in [5.74, 6) is 0.577. The average molecular weight is 413 g/mol. The highest BCUT2D eigenvalue weighted by molar-refractivity contribution is 6.33. The summed E-state index contributed by atoms with van der Waals surface area (Å²) in [7, 11) is 0. The molecule has 1 aromatic carbocycles. The fourth-order valence-electron chi connectivity index (χ4n) is 2.96. The van der Waals surface area contributed by atoms with Gasteiger partial charge in [-0.25, -0.2) is 9.97 Å². The number of aromatic nitrogens is 2. The number of aryl methyl sites for hydroxylation is 2. The van der Waals surface area contributed by atoms with Gasteiger partial charge in [0.15, 0.2) is 0 Å². The van der Waals surface area contributed by atoms with Crippen LogP contribution in [-0.2, 0) is 12.8 Å². The van der Waals surface area contributed by atoms with Crippen molar-refractivity contribution in [1.82, 2.24) is 9.97 Å². The molecule has 0 aliphatic carbocycles. The molecule has 1 unspecified atom stereocenters. The molecule has 0 saturated carbocycles. The van der Waals surface area contributed by atoms with Crippen LogP contribution in [0.3, 0.4) is 0 Å². The number of hydrogen-bond donors (Lipinski definition) is 0. The Labute approximate surface area is 170 Å². The highest BCUT2D eigenvalue weighted by atomic mass is 35.5. The van der Waals surface area contributed by atoms with Crippen molar-refractivity contribution in [3.63, 3.8) is 0 Å². The summed E-state index contributed by atoms with van der Waals surface area (Å²) in [5.41, 5.74) is 2.78. The molecule has 0 bridgehead atoms. The second kappa shape index (κ2) is 10.6. The summed E-state index contributed by atoms with van der Waals surface area (Å²) < 4.78 is 35.4. The smallest absolute Gasteiger partial charge is 0.387 e. The molecule has 1 atom stereocenters. The molecule has 2 aromatic rings. The SMILES string of the molecule is CCCC(CC)Oc1nc(CC)c(-c2ccc(OC(F)F)cc2Cl)nc1CC. The molecule has 0 N–H and O–H groups in total. The molecule has 4 nitrogen and oxygen atoms in total. The number of hydrogen-bond acceptors (Lipinski definition) is 4. The van der Waals surface area contributed by atoms with Gasteiger partial charge in [0.2, 0.25) is 5.88 Å². The van der Waals surface area contributed by atoms with E-state index in [4.69, 9.17) is 26.3 Å². The van der Waals surface area contributed by atoms with Gasteiger partial charge in [0, 0.05) is 5.56 Å².